The Morgan fingerprint density at radius 3 is 2.58 bits per heavy atom. The highest BCUT2D eigenvalue weighted by Crippen LogP contribution is 2.23. The molecular formula is C18H20BrN3O3S. The Bertz CT molecular complexity index is 894. The number of hydrogen-bond donors (Lipinski definition) is 0. The number of halogens is 1. The van der Waals surface area contributed by atoms with Crippen LogP contribution in [-0.4, -0.2) is 43.2 Å². The molecule has 0 saturated carbocycles. The highest BCUT2D eigenvalue weighted by atomic mass is 79.9. The number of aromatic nitrogens is 1. The zero-order chi connectivity index (χ0) is 18.7. The Kier molecular flexibility index (Phi) is 5.74. The molecule has 6 nitrogen and oxygen atoms in total. The van der Waals surface area contributed by atoms with Crippen LogP contribution in [0.15, 0.2) is 52.0 Å². The van der Waals surface area contributed by atoms with Crippen LogP contribution in [0, 0.1) is 0 Å². The van der Waals surface area contributed by atoms with Gasteiger partial charge in [0, 0.05) is 35.9 Å². The molecule has 0 aliphatic carbocycles. The summed E-state index contributed by atoms with van der Waals surface area (Å²) in [4.78, 5) is 18.9. The normalized spacial score (nSPS) is 15.2. The molecule has 8 heteroatoms. The van der Waals surface area contributed by atoms with E-state index in [9.17, 15) is 13.2 Å². The Balaban J connectivity index is 1.91. The molecule has 138 valence electrons. The number of sulfonamides is 1. The van der Waals surface area contributed by atoms with Crippen LogP contribution in [0.3, 0.4) is 0 Å². The van der Waals surface area contributed by atoms with Crippen molar-refractivity contribution in [1.82, 2.24) is 9.29 Å². The van der Waals surface area contributed by atoms with Crippen molar-refractivity contribution >= 4 is 37.7 Å². The van der Waals surface area contributed by atoms with Crippen LogP contribution in [0.1, 0.15) is 30.1 Å². The van der Waals surface area contributed by atoms with E-state index in [4.69, 9.17) is 0 Å². The van der Waals surface area contributed by atoms with E-state index in [0.717, 1.165) is 17.3 Å². The monoisotopic (exact) mass is 437 g/mol. The lowest BCUT2D eigenvalue weighted by Crippen LogP contribution is -2.32. The first-order valence-corrected chi connectivity index (χ1v) is 10.7. The Morgan fingerprint density at radius 2 is 1.96 bits per heavy atom. The summed E-state index contributed by atoms with van der Waals surface area (Å²) in [6, 6.07) is 9.80. The van der Waals surface area contributed by atoms with Gasteiger partial charge in [-0.2, -0.15) is 4.31 Å². The number of amides is 1. The average Bonchev–Trinajstić information content (AvgIpc) is 3.19. The summed E-state index contributed by atoms with van der Waals surface area (Å²) in [5.41, 5.74) is 0.330. The Labute approximate surface area is 162 Å². The summed E-state index contributed by atoms with van der Waals surface area (Å²) in [6.45, 7) is 3.35. The van der Waals surface area contributed by atoms with E-state index in [-0.39, 0.29) is 10.8 Å². The number of hydrogen-bond acceptors (Lipinski definition) is 4. The molecule has 1 amide bonds. The topological polar surface area (TPSA) is 70.6 Å². The summed E-state index contributed by atoms with van der Waals surface area (Å²) in [7, 11) is -3.56. The summed E-state index contributed by atoms with van der Waals surface area (Å²) >= 11 is 3.32. The zero-order valence-corrected chi connectivity index (χ0v) is 16.8. The fourth-order valence-corrected chi connectivity index (χ4v) is 4.76. The molecule has 26 heavy (non-hydrogen) atoms. The predicted molar refractivity (Wildman–Crippen MR) is 104 cm³/mol. The second kappa shape index (κ2) is 7.85. The minimum Gasteiger partial charge on any atom is -0.293 e. The molecule has 3 rings (SSSR count). The maximum Gasteiger partial charge on any atom is 0.259 e. The number of nitrogens with zero attached hydrogens (tertiary/aromatic N) is 3. The molecule has 2 aromatic rings. The molecular weight excluding hydrogens is 418 g/mol. The molecule has 0 bridgehead atoms. The number of benzene rings is 1. The molecule has 1 aromatic carbocycles. The molecule has 1 fully saturated rings. The SMILES string of the molecule is CCN(C(=O)c1cccc(S(=O)(=O)N2CCCC2)c1)c1ccc(Br)cn1. The minimum atomic E-state index is -3.56. The lowest BCUT2D eigenvalue weighted by molar-refractivity contribution is 0.0987. The lowest BCUT2D eigenvalue weighted by atomic mass is 10.2. The third-order valence-electron chi connectivity index (χ3n) is 4.33. The first-order valence-electron chi connectivity index (χ1n) is 8.47. The number of rotatable bonds is 5. The van der Waals surface area contributed by atoms with Crippen LogP contribution >= 0.6 is 15.9 Å². The number of pyridine rings is 1. The molecule has 1 aliphatic rings. The van der Waals surface area contributed by atoms with Crippen molar-refractivity contribution in [2.45, 2.75) is 24.7 Å². The molecule has 0 unspecified atom stereocenters. The molecule has 0 atom stereocenters. The quantitative estimate of drug-likeness (QED) is 0.719. The van der Waals surface area contributed by atoms with Crippen molar-refractivity contribution in [3.8, 4) is 0 Å². The molecule has 2 heterocycles. The first-order chi connectivity index (χ1) is 12.4. The van der Waals surface area contributed by atoms with Crippen LogP contribution in [0.2, 0.25) is 0 Å². The molecule has 1 aromatic heterocycles. The smallest absolute Gasteiger partial charge is 0.259 e. The van der Waals surface area contributed by atoms with E-state index in [1.807, 2.05) is 13.0 Å². The van der Waals surface area contributed by atoms with Gasteiger partial charge in [-0.05, 0) is 66.0 Å². The Hall–Kier alpha value is -1.77. The second-order valence-electron chi connectivity index (χ2n) is 6.02. The summed E-state index contributed by atoms with van der Waals surface area (Å²) < 4.78 is 27.8. The van der Waals surface area contributed by atoms with Gasteiger partial charge in [-0.15, -0.1) is 0 Å². The summed E-state index contributed by atoms with van der Waals surface area (Å²) in [5.74, 6) is 0.245. The average molecular weight is 438 g/mol. The van der Waals surface area contributed by atoms with Crippen molar-refractivity contribution in [2.24, 2.45) is 0 Å². The lowest BCUT2D eigenvalue weighted by Gasteiger charge is -2.21. The highest BCUT2D eigenvalue weighted by molar-refractivity contribution is 9.10. The number of anilines is 1. The van der Waals surface area contributed by atoms with E-state index in [1.165, 1.54) is 15.3 Å². The first kappa shape index (κ1) is 19.0. The van der Waals surface area contributed by atoms with E-state index >= 15 is 0 Å². The van der Waals surface area contributed by atoms with E-state index in [1.54, 1.807) is 30.5 Å². The molecule has 0 spiro atoms. The number of carbonyl (C=O) groups excluding carboxylic acids is 1. The van der Waals surface area contributed by atoms with Crippen LogP contribution in [0.25, 0.3) is 0 Å². The predicted octanol–water partition coefficient (Wildman–Crippen LogP) is 3.30. The van der Waals surface area contributed by atoms with Gasteiger partial charge in [0.15, 0.2) is 0 Å². The third-order valence-corrected chi connectivity index (χ3v) is 6.70. The van der Waals surface area contributed by atoms with Crippen molar-refractivity contribution in [3.63, 3.8) is 0 Å². The van der Waals surface area contributed by atoms with Crippen LogP contribution in [0.4, 0.5) is 5.82 Å². The Morgan fingerprint density at radius 1 is 1.23 bits per heavy atom. The fraction of sp³-hybridized carbons (Fsp3) is 0.333. The van der Waals surface area contributed by atoms with Gasteiger partial charge in [0.25, 0.3) is 5.91 Å². The third kappa shape index (κ3) is 3.82. The molecule has 1 saturated heterocycles. The van der Waals surface area contributed by atoms with Crippen molar-refractivity contribution < 1.29 is 13.2 Å². The maximum absolute atomic E-state index is 12.9. The summed E-state index contributed by atoms with van der Waals surface area (Å²) in [6.07, 6.45) is 3.37. The minimum absolute atomic E-state index is 0.157. The van der Waals surface area contributed by atoms with Gasteiger partial charge in [0.05, 0.1) is 4.90 Å². The fourth-order valence-electron chi connectivity index (χ4n) is 2.96. The van der Waals surface area contributed by atoms with Gasteiger partial charge in [0.1, 0.15) is 5.82 Å². The molecule has 1 aliphatic heterocycles. The van der Waals surface area contributed by atoms with Gasteiger partial charge in [-0.3, -0.25) is 9.69 Å². The largest absolute Gasteiger partial charge is 0.293 e. The molecule has 0 N–H and O–H groups in total. The van der Waals surface area contributed by atoms with Crippen LogP contribution in [-0.2, 0) is 10.0 Å². The van der Waals surface area contributed by atoms with Crippen molar-refractivity contribution in [3.05, 3.63) is 52.6 Å². The van der Waals surface area contributed by atoms with E-state index in [2.05, 4.69) is 20.9 Å². The van der Waals surface area contributed by atoms with Crippen molar-refractivity contribution in [2.75, 3.05) is 24.5 Å². The van der Waals surface area contributed by atoms with Gasteiger partial charge in [-0.1, -0.05) is 6.07 Å². The zero-order valence-electron chi connectivity index (χ0n) is 14.4. The van der Waals surface area contributed by atoms with E-state index in [0.29, 0.717) is 31.0 Å². The van der Waals surface area contributed by atoms with Gasteiger partial charge >= 0.3 is 0 Å². The van der Waals surface area contributed by atoms with Gasteiger partial charge < -0.3 is 0 Å². The maximum atomic E-state index is 12.9. The van der Waals surface area contributed by atoms with Crippen LogP contribution in [0.5, 0.6) is 0 Å². The summed E-state index contributed by atoms with van der Waals surface area (Å²) in [5, 5.41) is 0. The van der Waals surface area contributed by atoms with Crippen molar-refractivity contribution in [1.29, 1.82) is 0 Å². The standard InChI is InChI=1S/C18H20BrN3O3S/c1-2-22(17-9-8-15(19)13-20-17)18(23)14-6-5-7-16(12-14)26(24,25)21-10-3-4-11-21/h5-9,12-13H,2-4,10-11H2,1H3. The highest BCUT2D eigenvalue weighted by Gasteiger charge is 2.28. The van der Waals surface area contributed by atoms with Crippen LogP contribution < -0.4 is 4.90 Å². The molecule has 0 radical (unpaired) electrons. The second-order valence-corrected chi connectivity index (χ2v) is 8.88. The van der Waals surface area contributed by atoms with Gasteiger partial charge in [-0.25, -0.2) is 13.4 Å². The van der Waals surface area contributed by atoms with E-state index < -0.39 is 10.0 Å². The number of carbonyl (C=O) groups is 1. The van der Waals surface area contributed by atoms with Gasteiger partial charge in [0.2, 0.25) is 10.0 Å².